The van der Waals surface area contributed by atoms with Gasteiger partial charge in [0.25, 0.3) is 10.0 Å². The van der Waals surface area contributed by atoms with Gasteiger partial charge in [-0.3, -0.25) is 4.72 Å². The summed E-state index contributed by atoms with van der Waals surface area (Å²) in [5.41, 5.74) is 0.446. The third-order valence-electron chi connectivity index (χ3n) is 2.64. The second-order valence-corrected chi connectivity index (χ2v) is 7.56. The number of sulfonamides is 1. The van der Waals surface area contributed by atoms with Gasteiger partial charge in [-0.25, -0.2) is 13.4 Å². The van der Waals surface area contributed by atoms with E-state index in [0.29, 0.717) is 5.69 Å². The van der Waals surface area contributed by atoms with Crippen molar-refractivity contribution in [1.29, 1.82) is 0 Å². The Bertz CT molecular complexity index is 652. The molecule has 0 aromatic carbocycles. The summed E-state index contributed by atoms with van der Waals surface area (Å²) >= 11 is 1.18. The summed E-state index contributed by atoms with van der Waals surface area (Å²) in [5, 5.41) is 4.89. The Morgan fingerprint density at radius 1 is 1.29 bits per heavy atom. The highest BCUT2D eigenvalue weighted by Crippen LogP contribution is 2.20. The van der Waals surface area contributed by atoms with Crippen LogP contribution >= 0.6 is 11.3 Å². The van der Waals surface area contributed by atoms with Gasteiger partial charge < -0.3 is 10.2 Å². The standard InChI is InChI=1S/C13H18N4O2S2/c1-17(2)8-7-14-12-6-5-11(10-15-12)16-21(18,19)13-4-3-9-20-13/h3-6,9-10,16H,7-8H2,1-2H3,(H,14,15). The average Bonchev–Trinajstić information content (AvgIpc) is 2.95. The quantitative estimate of drug-likeness (QED) is 0.813. The highest BCUT2D eigenvalue weighted by Gasteiger charge is 2.15. The molecule has 0 aliphatic rings. The van der Waals surface area contributed by atoms with Gasteiger partial charge in [0, 0.05) is 13.1 Å². The lowest BCUT2D eigenvalue weighted by atomic mass is 10.4. The third kappa shape index (κ3) is 4.69. The van der Waals surface area contributed by atoms with E-state index >= 15 is 0 Å². The number of rotatable bonds is 7. The van der Waals surface area contributed by atoms with Crippen molar-refractivity contribution in [2.24, 2.45) is 0 Å². The zero-order chi connectivity index (χ0) is 15.3. The topological polar surface area (TPSA) is 74.3 Å². The van der Waals surface area contributed by atoms with Gasteiger partial charge >= 0.3 is 0 Å². The second-order valence-electron chi connectivity index (χ2n) is 4.70. The van der Waals surface area contributed by atoms with Gasteiger partial charge in [0.15, 0.2) is 0 Å². The Balaban J connectivity index is 1.96. The molecule has 0 saturated carbocycles. The van der Waals surface area contributed by atoms with Crippen molar-refractivity contribution in [3.8, 4) is 0 Å². The van der Waals surface area contributed by atoms with Crippen LogP contribution in [-0.2, 0) is 10.0 Å². The van der Waals surface area contributed by atoms with E-state index in [9.17, 15) is 8.42 Å². The summed E-state index contributed by atoms with van der Waals surface area (Å²) < 4.78 is 26.9. The molecule has 114 valence electrons. The number of aromatic nitrogens is 1. The maximum Gasteiger partial charge on any atom is 0.271 e. The predicted octanol–water partition coefficient (Wildman–Crippen LogP) is 1.92. The fourth-order valence-corrected chi connectivity index (χ4v) is 3.62. The molecule has 2 heterocycles. The number of hydrogen-bond acceptors (Lipinski definition) is 6. The Hall–Kier alpha value is -1.64. The van der Waals surface area contributed by atoms with Crippen molar-refractivity contribution in [1.82, 2.24) is 9.88 Å². The van der Waals surface area contributed by atoms with Crippen LogP contribution in [-0.4, -0.2) is 45.5 Å². The molecule has 0 bridgehead atoms. The van der Waals surface area contributed by atoms with E-state index < -0.39 is 10.0 Å². The maximum atomic E-state index is 12.0. The SMILES string of the molecule is CN(C)CCNc1ccc(NS(=O)(=O)c2cccs2)cn1. The van der Waals surface area contributed by atoms with E-state index in [1.165, 1.54) is 17.5 Å². The molecule has 0 saturated heterocycles. The second kappa shape index (κ2) is 6.88. The Labute approximate surface area is 128 Å². The number of hydrogen-bond donors (Lipinski definition) is 2. The van der Waals surface area contributed by atoms with Crippen molar-refractivity contribution < 1.29 is 8.42 Å². The molecular formula is C13H18N4O2S2. The van der Waals surface area contributed by atoms with Gasteiger partial charge in [-0.15, -0.1) is 11.3 Å². The minimum atomic E-state index is -3.51. The molecule has 0 atom stereocenters. The van der Waals surface area contributed by atoms with Crippen LogP contribution < -0.4 is 10.0 Å². The molecule has 0 radical (unpaired) electrons. The minimum absolute atomic E-state index is 0.288. The Morgan fingerprint density at radius 3 is 2.67 bits per heavy atom. The van der Waals surface area contributed by atoms with E-state index in [4.69, 9.17) is 0 Å². The van der Waals surface area contributed by atoms with Crippen molar-refractivity contribution in [2.75, 3.05) is 37.2 Å². The van der Waals surface area contributed by atoms with Gasteiger partial charge in [-0.05, 0) is 37.7 Å². The van der Waals surface area contributed by atoms with Gasteiger partial charge in [0.1, 0.15) is 10.0 Å². The smallest absolute Gasteiger partial charge is 0.271 e. The zero-order valence-corrected chi connectivity index (χ0v) is 13.5. The number of thiophene rings is 1. The molecule has 0 fully saturated rings. The molecule has 0 spiro atoms. The Kier molecular flexibility index (Phi) is 5.16. The average molecular weight is 326 g/mol. The van der Waals surface area contributed by atoms with Crippen molar-refractivity contribution >= 4 is 32.9 Å². The van der Waals surface area contributed by atoms with Crippen molar-refractivity contribution in [3.63, 3.8) is 0 Å². The lowest BCUT2D eigenvalue weighted by Gasteiger charge is -2.11. The molecule has 21 heavy (non-hydrogen) atoms. The first-order valence-electron chi connectivity index (χ1n) is 6.38. The summed E-state index contributed by atoms with van der Waals surface area (Å²) in [7, 11) is 0.486. The lowest BCUT2D eigenvalue weighted by molar-refractivity contribution is 0.425. The molecule has 2 aromatic heterocycles. The number of nitrogens with zero attached hydrogens (tertiary/aromatic N) is 2. The van der Waals surface area contributed by atoms with Gasteiger partial charge in [0.2, 0.25) is 0 Å². The molecule has 0 amide bonds. The zero-order valence-electron chi connectivity index (χ0n) is 11.9. The predicted molar refractivity (Wildman–Crippen MR) is 86.4 cm³/mol. The van der Waals surface area contributed by atoms with Gasteiger partial charge in [0.05, 0.1) is 11.9 Å². The largest absolute Gasteiger partial charge is 0.369 e. The van der Waals surface area contributed by atoms with Crippen LogP contribution in [0.3, 0.4) is 0 Å². The third-order valence-corrected chi connectivity index (χ3v) is 5.42. The van der Waals surface area contributed by atoms with Crippen LogP contribution in [0.4, 0.5) is 11.5 Å². The van der Waals surface area contributed by atoms with Crippen LogP contribution in [0, 0.1) is 0 Å². The number of likely N-dealkylation sites (N-methyl/N-ethyl adjacent to an activating group) is 1. The fraction of sp³-hybridized carbons (Fsp3) is 0.308. The van der Waals surface area contributed by atoms with Crippen LogP contribution in [0.15, 0.2) is 40.1 Å². The highest BCUT2D eigenvalue weighted by molar-refractivity contribution is 7.94. The molecule has 0 aliphatic heterocycles. The minimum Gasteiger partial charge on any atom is -0.369 e. The normalized spacial score (nSPS) is 11.6. The van der Waals surface area contributed by atoms with Gasteiger partial charge in [-0.2, -0.15) is 0 Å². The van der Waals surface area contributed by atoms with E-state index in [-0.39, 0.29) is 4.21 Å². The number of pyridine rings is 1. The van der Waals surface area contributed by atoms with Crippen LogP contribution in [0.25, 0.3) is 0 Å². The van der Waals surface area contributed by atoms with Crippen molar-refractivity contribution in [3.05, 3.63) is 35.8 Å². The van der Waals surface area contributed by atoms with E-state index in [1.807, 2.05) is 14.1 Å². The summed E-state index contributed by atoms with van der Waals surface area (Å²) in [6, 6.07) is 6.71. The monoisotopic (exact) mass is 326 g/mol. The van der Waals surface area contributed by atoms with Crippen LogP contribution in [0.2, 0.25) is 0 Å². The van der Waals surface area contributed by atoms with E-state index in [0.717, 1.165) is 18.9 Å². The first-order valence-corrected chi connectivity index (χ1v) is 8.74. The van der Waals surface area contributed by atoms with Crippen LogP contribution in [0.1, 0.15) is 0 Å². The van der Waals surface area contributed by atoms with Crippen LogP contribution in [0.5, 0.6) is 0 Å². The number of anilines is 2. The lowest BCUT2D eigenvalue weighted by Crippen LogP contribution is -2.21. The van der Waals surface area contributed by atoms with Crippen molar-refractivity contribution in [2.45, 2.75) is 4.21 Å². The van der Waals surface area contributed by atoms with E-state index in [1.54, 1.807) is 29.6 Å². The molecule has 2 N–H and O–H groups in total. The molecule has 0 aliphatic carbocycles. The molecule has 8 heteroatoms. The summed E-state index contributed by atoms with van der Waals surface area (Å²) in [4.78, 5) is 6.25. The summed E-state index contributed by atoms with van der Waals surface area (Å²) in [5.74, 6) is 0.718. The first kappa shape index (κ1) is 15.7. The molecule has 2 aromatic rings. The summed E-state index contributed by atoms with van der Waals surface area (Å²) in [6.07, 6.45) is 1.50. The number of nitrogens with one attached hydrogen (secondary N) is 2. The molecule has 2 rings (SSSR count). The fourth-order valence-electron chi connectivity index (χ4n) is 1.59. The first-order chi connectivity index (χ1) is 9.97. The molecular weight excluding hydrogens is 308 g/mol. The summed E-state index contributed by atoms with van der Waals surface area (Å²) in [6.45, 7) is 1.68. The highest BCUT2D eigenvalue weighted by atomic mass is 32.2. The van der Waals surface area contributed by atoms with Gasteiger partial charge in [-0.1, -0.05) is 6.07 Å². The Morgan fingerprint density at radius 2 is 2.10 bits per heavy atom. The maximum absolute atomic E-state index is 12.0. The van der Waals surface area contributed by atoms with E-state index in [2.05, 4.69) is 19.9 Å². The molecule has 6 nitrogen and oxygen atoms in total. The molecule has 0 unspecified atom stereocenters.